The van der Waals surface area contributed by atoms with Gasteiger partial charge in [-0.05, 0) is 63.8 Å². The zero-order valence-electron chi connectivity index (χ0n) is 24.0. The number of aliphatic hydroxyl groups is 1. The Morgan fingerprint density at radius 3 is 2.44 bits per heavy atom. The smallest absolute Gasteiger partial charge is 0.312 e. The van der Waals surface area contributed by atoms with Crippen molar-refractivity contribution in [1.82, 2.24) is 4.90 Å². The average molecular weight is 633 g/mol. The van der Waals surface area contributed by atoms with E-state index in [0.29, 0.717) is 37.9 Å². The number of nitrogens with zero attached hydrogens (tertiary/aromatic N) is 3. The minimum Gasteiger partial charge on any atom is -0.461 e. The molecule has 6 atom stereocenters. The molecule has 2 amide bonds. The highest BCUT2D eigenvalue weighted by atomic mass is 79.9. The molecule has 1 aromatic carbocycles. The number of alkyl halides is 1. The first kappa shape index (κ1) is 31.3. The summed E-state index contributed by atoms with van der Waals surface area (Å²) in [6, 6.07) is 6.91. The molecule has 4 rings (SSSR count). The van der Waals surface area contributed by atoms with Gasteiger partial charge >= 0.3 is 5.97 Å². The Morgan fingerprint density at radius 2 is 1.83 bits per heavy atom. The van der Waals surface area contributed by atoms with Crippen molar-refractivity contribution in [2.24, 2.45) is 11.8 Å². The number of rotatable bonds is 15. The monoisotopic (exact) mass is 631 g/mol. The predicted octanol–water partition coefficient (Wildman–Crippen LogP) is 3.69. The average Bonchev–Trinajstić information content (AvgIpc) is 3.56. The molecule has 3 aliphatic rings. The highest BCUT2D eigenvalue weighted by Crippen LogP contribution is 2.60. The molecule has 3 unspecified atom stereocenters. The van der Waals surface area contributed by atoms with Gasteiger partial charge in [-0.25, -0.2) is 0 Å². The molecule has 2 bridgehead atoms. The fraction of sp³-hybridized carbons (Fsp3) is 0.581. The van der Waals surface area contributed by atoms with Gasteiger partial charge in [-0.15, -0.1) is 6.58 Å². The van der Waals surface area contributed by atoms with E-state index in [-0.39, 0.29) is 36.4 Å². The molecular weight excluding hydrogens is 590 g/mol. The number of carbonyl (C=O) groups is 3. The van der Waals surface area contributed by atoms with E-state index in [9.17, 15) is 19.5 Å². The largest absolute Gasteiger partial charge is 0.461 e. The molecular formula is C31H42BrN3O6. The fourth-order valence-electron chi connectivity index (χ4n) is 6.76. The van der Waals surface area contributed by atoms with Crippen LogP contribution in [0.2, 0.25) is 0 Å². The van der Waals surface area contributed by atoms with Crippen LogP contribution in [0.5, 0.6) is 0 Å². The van der Waals surface area contributed by atoms with Crippen molar-refractivity contribution in [3.8, 4) is 0 Å². The van der Waals surface area contributed by atoms with E-state index in [2.05, 4.69) is 47.8 Å². The molecule has 224 valence electrons. The van der Waals surface area contributed by atoms with Crippen molar-refractivity contribution in [3.63, 3.8) is 0 Å². The van der Waals surface area contributed by atoms with Crippen molar-refractivity contribution in [2.45, 2.75) is 62.1 Å². The summed E-state index contributed by atoms with van der Waals surface area (Å²) < 4.78 is 12.0. The highest BCUT2D eigenvalue weighted by Gasteiger charge is 2.77. The minimum atomic E-state index is -1.16. The fourth-order valence-corrected chi connectivity index (χ4v) is 7.70. The summed E-state index contributed by atoms with van der Waals surface area (Å²) in [7, 11) is 0. The number of ether oxygens (including phenoxy) is 2. The number of fused-ring (bicyclic) bond motifs is 1. The Bertz CT molecular complexity index is 1130. The zero-order chi connectivity index (χ0) is 29.7. The molecule has 3 fully saturated rings. The maximum Gasteiger partial charge on any atom is 0.312 e. The molecule has 1 spiro atoms. The summed E-state index contributed by atoms with van der Waals surface area (Å²) in [4.78, 5) is 47.2. The van der Waals surface area contributed by atoms with Gasteiger partial charge in [0.1, 0.15) is 18.2 Å². The van der Waals surface area contributed by atoms with Gasteiger partial charge in [0.05, 0.1) is 17.9 Å². The number of amides is 2. The number of unbranched alkanes of at least 4 members (excludes halogenated alkanes) is 2. The number of carbonyl (C=O) groups excluding carboxylic acids is 3. The van der Waals surface area contributed by atoms with Gasteiger partial charge in [-0.2, -0.15) is 0 Å². The first-order chi connectivity index (χ1) is 19.8. The second-order valence-corrected chi connectivity index (χ2v) is 12.0. The number of aliphatic hydroxyl groups excluding tert-OH is 1. The number of benzene rings is 1. The number of halogens is 1. The van der Waals surface area contributed by atoms with E-state index in [0.717, 1.165) is 18.8 Å². The van der Waals surface area contributed by atoms with Crippen LogP contribution in [-0.2, 0) is 23.9 Å². The molecule has 1 aromatic rings. The van der Waals surface area contributed by atoms with Crippen LogP contribution in [-0.4, -0.2) is 89.8 Å². The van der Waals surface area contributed by atoms with Crippen LogP contribution in [0.3, 0.4) is 0 Å². The Hall–Kier alpha value is -2.69. The standard InChI is InChI=1S/C31H42BrN3O6/c1-5-16-34(22-14-12-21(13-15-22)33(7-3)8-4)29(38)27-31-20-23(32)26(41-31)24(30(39)40-19-6-2)25(31)28(37)35(27)17-10-9-11-18-36/h5-6,12-15,23-27,36H,1-2,7-11,16-20H2,3-4H3/t23?,24-,25+,26-,27?,31?/m1/s1. The summed E-state index contributed by atoms with van der Waals surface area (Å²) in [6.07, 6.45) is 4.93. The molecule has 0 aliphatic carbocycles. The summed E-state index contributed by atoms with van der Waals surface area (Å²) >= 11 is 3.68. The number of hydrogen-bond acceptors (Lipinski definition) is 7. The summed E-state index contributed by atoms with van der Waals surface area (Å²) in [6.45, 7) is 14.1. The van der Waals surface area contributed by atoms with Crippen LogP contribution in [0, 0.1) is 11.8 Å². The van der Waals surface area contributed by atoms with Crippen LogP contribution >= 0.6 is 15.9 Å². The maximum atomic E-state index is 14.6. The molecule has 3 saturated heterocycles. The first-order valence-corrected chi connectivity index (χ1v) is 15.5. The van der Waals surface area contributed by atoms with Gasteiger partial charge in [0.15, 0.2) is 0 Å². The summed E-state index contributed by atoms with van der Waals surface area (Å²) in [5.41, 5.74) is 0.594. The van der Waals surface area contributed by atoms with E-state index >= 15 is 0 Å². The second kappa shape index (κ2) is 13.5. The first-order valence-electron chi connectivity index (χ1n) is 14.6. The second-order valence-electron chi connectivity index (χ2n) is 10.8. The van der Waals surface area contributed by atoms with Gasteiger partial charge in [0, 0.05) is 49.0 Å². The summed E-state index contributed by atoms with van der Waals surface area (Å²) in [5, 5.41) is 9.27. The maximum absolute atomic E-state index is 14.6. The topological polar surface area (TPSA) is 99.6 Å². The Balaban J connectivity index is 1.72. The minimum absolute atomic E-state index is 0.0345. The Morgan fingerprint density at radius 1 is 1.15 bits per heavy atom. The number of likely N-dealkylation sites (tertiary alicyclic amines) is 1. The van der Waals surface area contributed by atoms with Gasteiger partial charge in [-0.1, -0.05) is 34.7 Å². The van der Waals surface area contributed by atoms with Gasteiger partial charge in [0.25, 0.3) is 5.91 Å². The van der Waals surface area contributed by atoms with Crippen LogP contribution < -0.4 is 9.80 Å². The third-order valence-electron chi connectivity index (χ3n) is 8.56. The lowest BCUT2D eigenvalue weighted by Crippen LogP contribution is -2.57. The van der Waals surface area contributed by atoms with E-state index in [1.54, 1.807) is 15.9 Å². The molecule has 10 heteroatoms. The van der Waals surface area contributed by atoms with Crippen LogP contribution in [0.15, 0.2) is 49.6 Å². The molecule has 9 nitrogen and oxygen atoms in total. The highest BCUT2D eigenvalue weighted by molar-refractivity contribution is 9.09. The van der Waals surface area contributed by atoms with Crippen molar-refractivity contribution in [3.05, 3.63) is 49.6 Å². The number of hydrogen-bond donors (Lipinski definition) is 1. The van der Waals surface area contributed by atoms with Crippen molar-refractivity contribution in [1.29, 1.82) is 0 Å². The van der Waals surface area contributed by atoms with Crippen molar-refractivity contribution >= 4 is 45.1 Å². The third kappa shape index (κ3) is 5.70. The quantitative estimate of drug-likeness (QED) is 0.136. The van der Waals surface area contributed by atoms with Gasteiger partial charge in [-0.3, -0.25) is 14.4 Å². The molecule has 0 aromatic heterocycles. The van der Waals surface area contributed by atoms with E-state index in [1.807, 2.05) is 24.3 Å². The lowest BCUT2D eigenvalue weighted by Gasteiger charge is -2.37. The van der Waals surface area contributed by atoms with Crippen molar-refractivity contribution < 1.29 is 29.0 Å². The Labute approximate surface area is 251 Å². The zero-order valence-corrected chi connectivity index (χ0v) is 25.6. The third-order valence-corrected chi connectivity index (χ3v) is 9.41. The lowest BCUT2D eigenvalue weighted by atomic mass is 9.70. The van der Waals surface area contributed by atoms with E-state index in [4.69, 9.17) is 9.47 Å². The van der Waals surface area contributed by atoms with Gasteiger partial charge < -0.3 is 29.3 Å². The molecule has 3 heterocycles. The molecule has 41 heavy (non-hydrogen) atoms. The van der Waals surface area contributed by atoms with Gasteiger partial charge in [0.2, 0.25) is 5.91 Å². The van der Waals surface area contributed by atoms with E-state index < -0.39 is 35.6 Å². The van der Waals surface area contributed by atoms with Crippen molar-refractivity contribution in [2.75, 3.05) is 49.2 Å². The normalized spacial score (nSPS) is 28.0. The predicted molar refractivity (Wildman–Crippen MR) is 162 cm³/mol. The molecule has 0 radical (unpaired) electrons. The van der Waals surface area contributed by atoms with Crippen LogP contribution in [0.1, 0.15) is 39.5 Å². The SMILES string of the molecule is C=CCOC(=O)[C@H]1[C@@H]2OC3(CC2Br)C(C(=O)N(CC=C)c2ccc(N(CC)CC)cc2)N(CCCCCO)C(=O)[C@H]13. The molecule has 0 saturated carbocycles. The number of anilines is 2. The van der Waals surface area contributed by atoms with Crippen LogP contribution in [0.4, 0.5) is 11.4 Å². The molecule has 1 N–H and O–H groups in total. The number of esters is 1. The Kier molecular flexibility index (Phi) is 10.3. The van der Waals surface area contributed by atoms with Crippen LogP contribution in [0.25, 0.3) is 0 Å². The molecule has 3 aliphatic heterocycles. The summed E-state index contributed by atoms with van der Waals surface area (Å²) in [5.74, 6) is -2.67. The van der Waals surface area contributed by atoms with E-state index in [1.165, 1.54) is 6.08 Å². The lowest BCUT2D eigenvalue weighted by molar-refractivity contribution is -0.153.